The molecule has 0 unspecified atom stereocenters. The number of fused-ring (bicyclic) bond motifs is 3. The van der Waals surface area contributed by atoms with Gasteiger partial charge in [0.05, 0.1) is 33.1 Å². The highest BCUT2D eigenvalue weighted by Crippen LogP contribution is 2.50. The van der Waals surface area contributed by atoms with Gasteiger partial charge in [0.15, 0.2) is 11.5 Å². The van der Waals surface area contributed by atoms with E-state index in [0.717, 1.165) is 49.0 Å². The Labute approximate surface area is 236 Å². The van der Waals surface area contributed by atoms with Gasteiger partial charge in [0.25, 0.3) is 0 Å². The van der Waals surface area contributed by atoms with Gasteiger partial charge in [-0.05, 0) is 66.5 Å². The molecule has 1 saturated heterocycles. The van der Waals surface area contributed by atoms with Gasteiger partial charge in [0, 0.05) is 25.6 Å². The molecule has 0 aromatic heterocycles. The first-order valence-electron chi connectivity index (χ1n) is 14.1. The molecule has 2 N–H and O–H groups in total. The number of carbonyl (C=O) groups excluding carboxylic acids is 2. The van der Waals surface area contributed by atoms with Gasteiger partial charge >= 0.3 is 0 Å². The second-order valence-electron chi connectivity index (χ2n) is 10.6. The Morgan fingerprint density at radius 3 is 2.35 bits per heavy atom. The standard InChI is InChI=1S/C31H41N3O6/c1-7-18(2)28(31(37)34-14-8-9-15-34)33-24-13-11-21-22(17-25(24)36)23(32-19(3)35)12-10-20-16-26(38-4)29(39-5)30(40-6)27(20)21/h11,13,16-18,23,28H,7-10,12,14-15H2,1-6H3,(H,32,35)(H,33,36)/t18-,23+,28+/m0/s1. The lowest BCUT2D eigenvalue weighted by Crippen LogP contribution is -2.45. The summed E-state index contributed by atoms with van der Waals surface area (Å²) in [6.07, 6.45) is 3.98. The molecule has 2 aromatic carbocycles. The molecule has 0 saturated carbocycles. The maximum atomic E-state index is 13.7. The van der Waals surface area contributed by atoms with Crippen LogP contribution in [0.1, 0.15) is 63.6 Å². The van der Waals surface area contributed by atoms with Crippen LogP contribution in [-0.2, 0) is 16.0 Å². The van der Waals surface area contributed by atoms with E-state index in [2.05, 4.69) is 10.6 Å². The first-order chi connectivity index (χ1) is 19.2. The van der Waals surface area contributed by atoms with E-state index >= 15 is 0 Å². The topological polar surface area (TPSA) is 106 Å². The Morgan fingerprint density at radius 2 is 1.75 bits per heavy atom. The zero-order chi connectivity index (χ0) is 29.0. The van der Waals surface area contributed by atoms with Gasteiger partial charge in [-0.25, -0.2) is 0 Å². The predicted octanol–water partition coefficient (Wildman–Crippen LogP) is 4.31. The summed E-state index contributed by atoms with van der Waals surface area (Å²) < 4.78 is 17.1. The molecule has 2 aliphatic rings. The summed E-state index contributed by atoms with van der Waals surface area (Å²) in [7, 11) is 4.70. The molecular weight excluding hydrogens is 510 g/mol. The monoisotopic (exact) mass is 551 g/mol. The van der Waals surface area contributed by atoms with Crippen LogP contribution in [-0.4, -0.2) is 57.2 Å². The van der Waals surface area contributed by atoms with Crippen molar-refractivity contribution in [1.29, 1.82) is 0 Å². The predicted molar refractivity (Wildman–Crippen MR) is 155 cm³/mol. The second kappa shape index (κ2) is 12.6. The molecule has 4 rings (SSSR count). The zero-order valence-corrected chi connectivity index (χ0v) is 24.4. The molecule has 9 nitrogen and oxygen atoms in total. The van der Waals surface area contributed by atoms with E-state index in [0.29, 0.717) is 41.3 Å². The number of aryl methyl sites for hydroxylation is 1. The van der Waals surface area contributed by atoms with Crippen molar-refractivity contribution in [2.75, 3.05) is 39.7 Å². The molecule has 0 radical (unpaired) electrons. The van der Waals surface area contributed by atoms with Crippen LogP contribution in [0.3, 0.4) is 0 Å². The fourth-order valence-corrected chi connectivity index (χ4v) is 5.81. The van der Waals surface area contributed by atoms with E-state index in [4.69, 9.17) is 14.2 Å². The second-order valence-corrected chi connectivity index (χ2v) is 10.6. The number of benzene rings is 1. The van der Waals surface area contributed by atoms with Crippen molar-refractivity contribution in [2.45, 2.75) is 65.0 Å². The average Bonchev–Trinajstić information content (AvgIpc) is 3.39. The number of likely N-dealkylation sites (tertiary alicyclic amines) is 1. The molecule has 40 heavy (non-hydrogen) atoms. The zero-order valence-electron chi connectivity index (χ0n) is 24.4. The summed E-state index contributed by atoms with van der Waals surface area (Å²) in [5.41, 5.74) is 3.27. The quantitative estimate of drug-likeness (QED) is 0.478. The van der Waals surface area contributed by atoms with E-state index in [1.807, 2.05) is 30.9 Å². The van der Waals surface area contributed by atoms with E-state index in [1.165, 1.54) is 6.92 Å². The molecule has 2 aromatic rings. The molecule has 1 heterocycles. The Morgan fingerprint density at radius 1 is 1.05 bits per heavy atom. The average molecular weight is 552 g/mol. The lowest BCUT2D eigenvalue weighted by atomic mass is 9.95. The van der Waals surface area contributed by atoms with Gasteiger partial charge in [-0.1, -0.05) is 26.3 Å². The highest BCUT2D eigenvalue weighted by Gasteiger charge is 2.32. The molecule has 0 bridgehead atoms. The maximum Gasteiger partial charge on any atom is 0.245 e. The van der Waals surface area contributed by atoms with Gasteiger partial charge in [-0.15, -0.1) is 0 Å². The van der Waals surface area contributed by atoms with Gasteiger partial charge in [0.2, 0.25) is 23.0 Å². The molecule has 1 aliphatic carbocycles. The molecule has 2 amide bonds. The number of rotatable bonds is 9. The molecule has 3 atom stereocenters. The van der Waals surface area contributed by atoms with Crippen molar-refractivity contribution in [3.63, 3.8) is 0 Å². The fourth-order valence-electron chi connectivity index (χ4n) is 5.81. The van der Waals surface area contributed by atoms with Crippen LogP contribution >= 0.6 is 0 Å². The number of amides is 2. The van der Waals surface area contributed by atoms with Crippen LogP contribution in [0.5, 0.6) is 17.2 Å². The number of anilines is 1. The van der Waals surface area contributed by atoms with Gasteiger partial charge in [-0.2, -0.15) is 0 Å². The lowest BCUT2D eigenvalue weighted by Gasteiger charge is -2.28. The Balaban J connectivity index is 1.90. The minimum Gasteiger partial charge on any atom is -0.493 e. The summed E-state index contributed by atoms with van der Waals surface area (Å²) >= 11 is 0. The number of nitrogens with one attached hydrogen (secondary N) is 2. The summed E-state index contributed by atoms with van der Waals surface area (Å²) in [5.74, 6) is 1.36. The van der Waals surface area contributed by atoms with Crippen molar-refractivity contribution < 1.29 is 23.8 Å². The number of hydrogen-bond donors (Lipinski definition) is 2. The minimum absolute atomic E-state index is 0.0271. The molecule has 1 fully saturated rings. The number of nitrogens with zero attached hydrogens (tertiary/aromatic N) is 1. The molecule has 1 aliphatic heterocycles. The number of ether oxygens (including phenoxy) is 3. The van der Waals surface area contributed by atoms with Crippen molar-refractivity contribution in [3.8, 4) is 28.4 Å². The van der Waals surface area contributed by atoms with Crippen molar-refractivity contribution in [1.82, 2.24) is 10.2 Å². The summed E-state index contributed by atoms with van der Waals surface area (Å²) in [5, 5.41) is 6.34. The van der Waals surface area contributed by atoms with E-state index in [1.54, 1.807) is 33.5 Å². The van der Waals surface area contributed by atoms with Crippen LogP contribution in [0.2, 0.25) is 0 Å². The van der Waals surface area contributed by atoms with E-state index in [-0.39, 0.29) is 23.2 Å². The van der Waals surface area contributed by atoms with Crippen LogP contribution in [0.15, 0.2) is 29.1 Å². The van der Waals surface area contributed by atoms with E-state index in [9.17, 15) is 14.4 Å². The van der Waals surface area contributed by atoms with Crippen molar-refractivity contribution >= 4 is 17.5 Å². The van der Waals surface area contributed by atoms with Crippen molar-refractivity contribution in [3.05, 3.63) is 45.6 Å². The largest absolute Gasteiger partial charge is 0.493 e. The highest BCUT2D eigenvalue weighted by atomic mass is 16.5. The number of carbonyl (C=O) groups is 2. The van der Waals surface area contributed by atoms with Crippen LogP contribution in [0, 0.1) is 5.92 Å². The highest BCUT2D eigenvalue weighted by molar-refractivity contribution is 5.86. The fraction of sp³-hybridized carbons (Fsp3) is 0.516. The number of hydrogen-bond acceptors (Lipinski definition) is 7. The third-order valence-corrected chi connectivity index (χ3v) is 8.12. The third kappa shape index (κ3) is 5.74. The summed E-state index contributed by atoms with van der Waals surface area (Å²) in [6.45, 7) is 7.04. The van der Waals surface area contributed by atoms with Crippen LogP contribution in [0.25, 0.3) is 11.1 Å². The molecular formula is C31H41N3O6. The Hall–Kier alpha value is -3.75. The number of methoxy groups -OCH3 is 3. The molecule has 216 valence electrons. The summed E-state index contributed by atoms with van der Waals surface area (Å²) in [6, 6.07) is 6.21. The minimum atomic E-state index is -0.518. The summed E-state index contributed by atoms with van der Waals surface area (Å²) in [4.78, 5) is 41.3. The first kappa shape index (κ1) is 29.2. The third-order valence-electron chi connectivity index (χ3n) is 8.12. The molecule has 9 heteroatoms. The van der Waals surface area contributed by atoms with Crippen LogP contribution < -0.4 is 30.3 Å². The lowest BCUT2D eigenvalue weighted by molar-refractivity contribution is -0.132. The van der Waals surface area contributed by atoms with Crippen molar-refractivity contribution in [2.24, 2.45) is 5.92 Å². The van der Waals surface area contributed by atoms with Gasteiger partial charge in [0.1, 0.15) is 6.04 Å². The SMILES string of the molecule is CC[C@H](C)[C@@H](Nc1ccc2c(cc1=O)[C@H](NC(C)=O)CCc1cc(OC)c(OC)c(OC)c1-2)C(=O)N1CCCC1. The maximum absolute atomic E-state index is 13.7. The Kier molecular flexibility index (Phi) is 9.22. The van der Waals surface area contributed by atoms with E-state index < -0.39 is 12.1 Å². The molecule has 0 spiro atoms. The smallest absolute Gasteiger partial charge is 0.245 e. The Bertz CT molecular complexity index is 1320. The van der Waals surface area contributed by atoms with Gasteiger partial charge < -0.3 is 29.7 Å². The van der Waals surface area contributed by atoms with Crippen LogP contribution in [0.4, 0.5) is 5.69 Å². The normalized spacial score (nSPS) is 17.6. The first-order valence-corrected chi connectivity index (χ1v) is 14.1. The van der Waals surface area contributed by atoms with Gasteiger partial charge in [-0.3, -0.25) is 14.4 Å².